The largest absolute Gasteiger partial charge is 0.481 e. The third kappa shape index (κ3) is 2.45. The van der Waals surface area contributed by atoms with Gasteiger partial charge < -0.3 is 5.11 Å². The molecule has 1 atom stereocenters. The lowest BCUT2D eigenvalue weighted by Crippen LogP contribution is -2.20. The molecule has 4 heteroatoms. The van der Waals surface area contributed by atoms with Crippen molar-refractivity contribution in [3.8, 4) is 0 Å². The summed E-state index contributed by atoms with van der Waals surface area (Å²) in [7, 11) is 0. The van der Waals surface area contributed by atoms with Crippen LogP contribution in [0, 0.1) is 5.92 Å². The van der Waals surface area contributed by atoms with Crippen LogP contribution in [-0.4, -0.2) is 29.6 Å². The number of ketones is 1. The lowest BCUT2D eigenvalue weighted by atomic mass is 9.97. The highest BCUT2D eigenvalue weighted by Gasteiger charge is 2.21. The van der Waals surface area contributed by atoms with E-state index in [0.29, 0.717) is 13.0 Å². The van der Waals surface area contributed by atoms with Gasteiger partial charge in [0.05, 0.1) is 5.92 Å². The van der Waals surface area contributed by atoms with Gasteiger partial charge in [-0.1, -0.05) is 0 Å². The Morgan fingerprint density at radius 3 is 3.08 bits per heavy atom. The van der Waals surface area contributed by atoms with Crippen molar-refractivity contribution in [3.05, 3.63) is 0 Å². The van der Waals surface area contributed by atoms with Gasteiger partial charge in [0.2, 0.25) is 0 Å². The van der Waals surface area contributed by atoms with E-state index in [9.17, 15) is 9.59 Å². The second-order valence-electron chi connectivity index (χ2n) is 2.86. The Hall–Kier alpha value is -1.19. The van der Waals surface area contributed by atoms with Crippen LogP contribution in [0.3, 0.4) is 0 Å². The molecule has 0 aromatic heterocycles. The van der Waals surface area contributed by atoms with E-state index >= 15 is 0 Å². The predicted octanol–water partition coefficient (Wildman–Crippen LogP) is 0.511. The maximum absolute atomic E-state index is 11.0. The molecule has 1 rings (SSSR count). The molecule has 1 unspecified atom stereocenters. The number of carbonyl (C=O) groups excluding carboxylic acids is 1. The summed E-state index contributed by atoms with van der Waals surface area (Å²) in [6, 6.07) is 0. The molecule has 0 amide bonds. The fourth-order valence-electron chi connectivity index (χ4n) is 1.16. The second kappa shape index (κ2) is 3.99. The molecule has 0 bridgehead atoms. The minimum atomic E-state index is -0.888. The minimum absolute atomic E-state index is 0.0362. The summed E-state index contributed by atoms with van der Waals surface area (Å²) in [5.74, 6) is -1.46. The van der Waals surface area contributed by atoms with Crippen molar-refractivity contribution >= 4 is 18.0 Å². The summed E-state index contributed by atoms with van der Waals surface area (Å²) in [6.07, 6.45) is 2.48. The SMILES string of the molecule is O=C1CC=NCCC(C(=O)O)C1. The summed E-state index contributed by atoms with van der Waals surface area (Å²) < 4.78 is 0. The molecule has 1 aliphatic rings. The highest BCUT2D eigenvalue weighted by atomic mass is 16.4. The lowest BCUT2D eigenvalue weighted by molar-refractivity contribution is -0.143. The average Bonchev–Trinajstić information content (AvgIpc) is 1.95. The molecule has 0 aromatic rings. The Bertz CT molecular complexity index is 222. The van der Waals surface area contributed by atoms with Gasteiger partial charge >= 0.3 is 5.97 Å². The van der Waals surface area contributed by atoms with Crippen LogP contribution in [-0.2, 0) is 9.59 Å². The molecule has 0 saturated carbocycles. The van der Waals surface area contributed by atoms with Crippen molar-refractivity contribution in [3.63, 3.8) is 0 Å². The number of Topliss-reactive ketones (excluding diaryl/α,β-unsaturated/α-hetero) is 1. The Balaban J connectivity index is 2.59. The topological polar surface area (TPSA) is 66.7 Å². The zero-order chi connectivity index (χ0) is 8.97. The molecule has 12 heavy (non-hydrogen) atoms. The standard InChI is InChI=1S/C8H11NO3/c10-7-2-4-9-3-1-6(5-7)8(11)12/h4,6H,1-3,5H2,(H,11,12). The van der Waals surface area contributed by atoms with Crippen molar-refractivity contribution in [1.82, 2.24) is 0 Å². The zero-order valence-electron chi connectivity index (χ0n) is 6.69. The summed E-state index contributed by atoms with van der Waals surface area (Å²) in [6.45, 7) is 0.518. The first-order valence-electron chi connectivity index (χ1n) is 3.93. The van der Waals surface area contributed by atoms with E-state index in [4.69, 9.17) is 5.11 Å². The first kappa shape index (κ1) is 8.90. The predicted molar refractivity (Wildman–Crippen MR) is 43.3 cm³/mol. The van der Waals surface area contributed by atoms with Crippen LogP contribution in [0.2, 0.25) is 0 Å². The van der Waals surface area contributed by atoms with Crippen LogP contribution < -0.4 is 0 Å². The number of carboxylic acids is 1. The molecular formula is C8H11NO3. The number of carboxylic acid groups (broad SMARTS) is 1. The van der Waals surface area contributed by atoms with Gasteiger partial charge in [0.1, 0.15) is 5.78 Å². The van der Waals surface area contributed by atoms with Crippen LogP contribution in [0.25, 0.3) is 0 Å². The van der Waals surface area contributed by atoms with E-state index in [-0.39, 0.29) is 18.6 Å². The van der Waals surface area contributed by atoms with E-state index in [0.717, 1.165) is 0 Å². The summed E-state index contributed by atoms with van der Waals surface area (Å²) in [5.41, 5.74) is 0. The van der Waals surface area contributed by atoms with Crippen LogP contribution in [0.5, 0.6) is 0 Å². The highest BCUT2D eigenvalue weighted by Crippen LogP contribution is 2.12. The van der Waals surface area contributed by atoms with Gasteiger partial charge in [-0.3, -0.25) is 14.6 Å². The summed E-state index contributed by atoms with van der Waals surface area (Å²) in [5, 5.41) is 8.67. The average molecular weight is 169 g/mol. The number of nitrogens with zero attached hydrogens (tertiary/aromatic N) is 1. The maximum Gasteiger partial charge on any atom is 0.307 e. The van der Waals surface area contributed by atoms with Gasteiger partial charge in [0, 0.05) is 25.6 Å². The van der Waals surface area contributed by atoms with Gasteiger partial charge in [-0.05, 0) is 6.42 Å². The normalized spacial score (nSPS) is 24.7. The van der Waals surface area contributed by atoms with Crippen molar-refractivity contribution in [2.75, 3.05) is 6.54 Å². The van der Waals surface area contributed by atoms with Crippen LogP contribution in [0.4, 0.5) is 0 Å². The van der Waals surface area contributed by atoms with Gasteiger partial charge in [-0.2, -0.15) is 0 Å². The lowest BCUT2D eigenvalue weighted by Gasteiger charge is -2.10. The molecule has 0 saturated heterocycles. The molecule has 1 heterocycles. The Morgan fingerprint density at radius 1 is 1.67 bits per heavy atom. The molecule has 0 aromatic carbocycles. The van der Waals surface area contributed by atoms with Crippen LogP contribution >= 0.6 is 0 Å². The Kier molecular flexibility index (Phi) is 2.96. The van der Waals surface area contributed by atoms with E-state index in [1.807, 2.05) is 0 Å². The van der Waals surface area contributed by atoms with E-state index in [2.05, 4.69) is 4.99 Å². The van der Waals surface area contributed by atoms with Gasteiger partial charge in [-0.15, -0.1) is 0 Å². The van der Waals surface area contributed by atoms with E-state index in [1.165, 1.54) is 0 Å². The Labute approximate surface area is 70.3 Å². The summed E-state index contributed by atoms with van der Waals surface area (Å²) >= 11 is 0. The number of hydrogen-bond acceptors (Lipinski definition) is 3. The number of hydrogen-bond donors (Lipinski definition) is 1. The molecule has 4 nitrogen and oxygen atoms in total. The first-order valence-corrected chi connectivity index (χ1v) is 3.93. The van der Waals surface area contributed by atoms with Gasteiger partial charge in [-0.25, -0.2) is 0 Å². The maximum atomic E-state index is 11.0. The van der Waals surface area contributed by atoms with E-state index in [1.54, 1.807) is 6.21 Å². The zero-order valence-corrected chi connectivity index (χ0v) is 6.69. The molecular weight excluding hydrogens is 158 g/mol. The quantitative estimate of drug-likeness (QED) is 0.622. The molecule has 1 N–H and O–H groups in total. The van der Waals surface area contributed by atoms with Gasteiger partial charge in [0.25, 0.3) is 0 Å². The molecule has 66 valence electrons. The van der Waals surface area contributed by atoms with Crippen molar-refractivity contribution in [1.29, 1.82) is 0 Å². The van der Waals surface area contributed by atoms with Crippen molar-refractivity contribution in [2.24, 2.45) is 10.9 Å². The number of rotatable bonds is 1. The number of aliphatic imine (C=N–C) groups is 1. The molecule has 1 aliphatic heterocycles. The molecule has 0 fully saturated rings. The molecule has 0 radical (unpaired) electrons. The molecule has 0 spiro atoms. The monoisotopic (exact) mass is 169 g/mol. The smallest absolute Gasteiger partial charge is 0.307 e. The highest BCUT2D eigenvalue weighted by molar-refractivity contribution is 5.93. The fraction of sp³-hybridized carbons (Fsp3) is 0.625. The first-order chi connectivity index (χ1) is 5.70. The van der Waals surface area contributed by atoms with E-state index < -0.39 is 11.9 Å². The minimum Gasteiger partial charge on any atom is -0.481 e. The van der Waals surface area contributed by atoms with Crippen LogP contribution in [0.15, 0.2) is 4.99 Å². The van der Waals surface area contributed by atoms with Crippen molar-refractivity contribution in [2.45, 2.75) is 19.3 Å². The Morgan fingerprint density at radius 2 is 2.42 bits per heavy atom. The second-order valence-corrected chi connectivity index (χ2v) is 2.86. The van der Waals surface area contributed by atoms with Gasteiger partial charge in [0.15, 0.2) is 0 Å². The van der Waals surface area contributed by atoms with Crippen molar-refractivity contribution < 1.29 is 14.7 Å². The number of aliphatic carboxylic acids is 1. The number of carbonyl (C=O) groups is 2. The van der Waals surface area contributed by atoms with Crippen LogP contribution in [0.1, 0.15) is 19.3 Å². The molecule has 0 aliphatic carbocycles. The third-order valence-corrected chi connectivity index (χ3v) is 1.88. The fourth-order valence-corrected chi connectivity index (χ4v) is 1.16. The summed E-state index contributed by atoms with van der Waals surface area (Å²) in [4.78, 5) is 25.5. The third-order valence-electron chi connectivity index (χ3n) is 1.88.